The third-order valence-electron chi connectivity index (χ3n) is 3.14. The van der Waals surface area contributed by atoms with E-state index in [4.69, 9.17) is 10.5 Å². The molecule has 0 aliphatic carbocycles. The number of carbonyl (C=O) groups excluding carboxylic acids is 1. The summed E-state index contributed by atoms with van der Waals surface area (Å²) in [5.41, 5.74) is 8.96. The highest BCUT2D eigenvalue weighted by molar-refractivity contribution is 7.09. The Labute approximate surface area is 140 Å². The second-order valence-corrected chi connectivity index (χ2v) is 6.19. The summed E-state index contributed by atoms with van der Waals surface area (Å²) in [4.78, 5) is 16.5. The van der Waals surface area contributed by atoms with E-state index >= 15 is 0 Å². The summed E-state index contributed by atoms with van der Waals surface area (Å²) in [6.45, 7) is 2.11. The van der Waals surface area contributed by atoms with Crippen molar-refractivity contribution in [3.05, 3.63) is 64.6 Å². The predicted molar refractivity (Wildman–Crippen MR) is 92.2 cm³/mol. The fourth-order valence-electron chi connectivity index (χ4n) is 1.99. The van der Waals surface area contributed by atoms with Crippen molar-refractivity contribution in [3.63, 3.8) is 0 Å². The molecule has 23 heavy (non-hydrogen) atoms. The molecule has 1 amide bonds. The molecule has 0 saturated heterocycles. The highest BCUT2D eigenvalue weighted by Gasteiger charge is 2.07. The van der Waals surface area contributed by atoms with Gasteiger partial charge in [0.05, 0.1) is 10.4 Å². The topological polar surface area (TPSA) is 77.2 Å². The van der Waals surface area contributed by atoms with Gasteiger partial charge in [-0.25, -0.2) is 4.79 Å². The quantitative estimate of drug-likeness (QED) is 0.765. The van der Waals surface area contributed by atoms with E-state index in [1.54, 1.807) is 11.7 Å². The molecule has 2 rings (SSSR count). The predicted octanol–water partition coefficient (Wildman–Crippen LogP) is 2.88. The molecule has 1 heterocycles. The van der Waals surface area contributed by atoms with Crippen LogP contribution in [0.2, 0.25) is 0 Å². The number of nitrogens with two attached hydrogens (primary N) is 1. The molecule has 3 N–H and O–H groups in total. The molecule has 6 heteroatoms. The maximum absolute atomic E-state index is 11.7. The molecule has 1 aromatic carbocycles. The number of carbonyl (C=O) groups is 1. The first-order valence-corrected chi connectivity index (χ1v) is 8.30. The molecule has 2 atom stereocenters. The zero-order chi connectivity index (χ0) is 16.5. The SMILES string of the molecule is C[C@@H](/C=C/[C@@H](N)Cc1ccccc1)NC(=O)OCc1cncs1. The van der Waals surface area contributed by atoms with Crippen LogP contribution in [0.15, 0.2) is 54.2 Å². The van der Waals surface area contributed by atoms with Crippen LogP contribution in [0.5, 0.6) is 0 Å². The number of ether oxygens (including phenoxy) is 1. The molecule has 0 aliphatic heterocycles. The van der Waals surface area contributed by atoms with Gasteiger partial charge >= 0.3 is 6.09 Å². The van der Waals surface area contributed by atoms with Crippen molar-refractivity contribution in [2.75, 3.05) is 0 Å². The molecule has 0 fully saturated rings. The maximum atomic E-state index is 11.7. The van der Waals surface area contributed by atoms with Crippen molar-refractivity contribution in [2.45, 2.75) is 32.0 Å². The molecule has 0 bridgehead atoms. The first kappa shape index (κ1) is 17.2. The Kier molecular flexibility index (Phi) is 6.77. The van der Waals surface area contributed by atoms with Gasteiger partial charge in [0.2, 0.25) is 0 Å². The van der Waals surface area contributed by atoms with E-state index in [1.807, 2.05) is 49.4 Å². The van der Waals surface area contributed by atoms with Crippen molar-refractivity contribution in [1.82, 2.24) is 10.3 Å². The molecule has 0 radical (unpaired) electrons. The largest absolute Gasteiger partial charge is 0.444 e. The number of aromatic nitrogens is 1. The smallest absolute Gasteiger partial charge is 0.407 e. The lowest BCUT2D eigenvalue weighted by atomic mass is 10.1. The molecular weight excluding hydrogens is 310 g/mol. The van der Waals surface area contributed by atoms with Crippen molar-refractivity contribution in [2.24, 2.45) is 5.73 Å². The lowest BCUT2D eigenvalue weighted by Crippen LogP contribution is -2.32. The van der Waals surface area contributed by atoms with Crippen LogP contribution in [0.1, 0.15) is 17.4 Å². The van der Waals surface area contributed by atoms with Crippen molar-refractivity contribution in [3.8, 4) is 0 Å². The van der Waals surface area contributed by atoms with Gasteiger partial charge in [-0.1, -0.05) is 42.5 Å². The van der Waals surface area contributed by atoms with Gasteiger partial charge in [0.15, 0.2) is 0 Å². The van der Waals surface area contributed by atoms with Gasteiger partial charge in [-0.3, -0.25) is 4.98 Å². The monoisotopic (exact) mass is 331 g/mol. The molecule has 0 unspecified atom stereocenters. The van der Waals surface area contributed by atoms with Gasteiger partial charge in [-0.05, 0) is 18.9 Å². The lowest BCUT2D eigenvalue weighted by Gasteiger charge is -2.11. The van der Waals surface area contributed by atoms with E-state index in [0.29, 0.717) is 0 Å². The Morgan fingerprint density at radius 2 is 2.17 bits per heavy atom. The number of nitrogens with zero attached hydrogens (tertiary/aromatic N) is 1. The summed E-state index contributed by atoms with van der Waals surface area (Å²) in [5, 5.41) is 2.74. The van der Waals surface area contributed by atoms with Gasteiger partial charge in [-0.2, -0.15) is 0 Å². The molecular formula is C17H21N3O2S. The minimum absolute atomic E-state index is 0.0881. The summed E-state index contributed by atoms with van der Waals surface area (Å²) >= 11 is 1.45. The zero-order valence-electron chi connectivity index (χ0n) is 13.0. The second kappa shape index (κ2) is 9.07. The second-order valence-electron chi connectivity index (χ2n) is 5.22. The fraction of sp³-hybridized carbons (Fsp3) is 0.294. The number of hydrogen-bond donors (Lipinski definition) is 2. The van der Waals surface area contributed by atoms with Crippen molar-refractivity contribution < 1.29 is 9.53 Å². The number of amides is 1. The Bertz CT molecular complexity index is 614. The summed E-state index contributed by atoms with van der Waals surface area (Å²) in [6, 6.07) is 9.83. The normalized spacial score (nSPS) is 13.7. The minimum atomic E-state index is -0.452. The lowest BCUT2D eigenvalue weighted by molar-refractivity contribution is 0.139. The van der Waals surface area contributed by atoms with E-state index in [0.717, 1.165) is 11.3 Å². The molecule has 0 aliphatic rings. The van der Waals surface area contributed by atoms with Crippen LogP contribution in [-0.4, -0.2) is 23.2 Å². The number of rotatable bonds is 7. The van der Waals surface area contributed by atoms with Crippen LogP contribution in [0.4, 0.5) is 4.79 Å². The summed E-state index contributed by atoms with van der Waals surface area (Å²) in [7, 11) is 0. The summed E-state index contributed by atoms with van der Waals surface area (Å²) in [6.07, 6.45) is 5.78. The van der Waals surface area contributed by atoms with Crippen LogP contribution in [0.3, 0.4) is 0 Å². The first-order chi connectivity index (χ1) is 11.1. The summed E-state index contributed by atoms with van der Waals surface area (Å²) < 4.78 is 5.11. The Morgan fingerprint density at radius 3 is 2.87 bits per heavy atom. The zero-order valence-corrected chi connectivity index (χ0v) is 13.8. The van der Waals surface area contributed by atoms with Crippen LogP contribution in [0, 0.1) is 0 Å². The van der Waals surface area contributed by atoms with Crippen molar-refractivity contribution in [1.29, 1.82) is 0 Å². The highest BCUT2D eigenvalue weighted by Crippen LogP contribution is 2.07. The van der Waals surface area contributed by atoms with Gasteiger partial charge in [-0.15, -0.1) is 11.3 Å². The fourth-order valence-corrected chi connectivity index (χ4v) is 2.50. The Hall–Kier alpha value is -2.18. The maximum Gasteiger partial charge on any atom is 0.407 e. The van der Waals surface area contributed by atoms with Crippen LogP contribution in [-0.2, 0) is 17.8 Å². The molecule has 0 spiro atoms. The highest BCUT2D eigenvalue weighted by atomic mass is 32.1. The summed E-state index contributed by atoms with van der Waals surface area (Å²) in [5.74, 6) is 0. The number of alkyl carbamates (subject to hydrolysis) is 1. The van der Waals surface area contributed by atoms with Crippen LogP contribution >= 0.6 is 11.3 Å². The number of benzene rings is 1. The van der Waals surface area contributed by atoms with E-state index < -0.39 is 6.09 Å². The molecule has 1 aromatic heterocycles. The van der Waals surface area contributed by atoms with Crippen molar-refractivity contribution >= 4 is 17.4 Å². The van der Waals surface area contributed by atoms with E-state index in [9.17, 15) is 4.79 Å². The van der Waals surface area contributed by atoms with E-state index in [2.05, 4.69) is 10.3 Å². The molecule has 5 nitrogen and oxygen atoms in total. The van der Waals surface area contributed by atoms with Gasteiger partial charge in [0.25, 0.3) is 0 Å². The van der Waals surface area contributed by atoms with Crippen LogP contribution < -0.4 is 11.1 Å². The average Bonchev–Trinajstić information content (AvgIpc) is 3.05. The van der Waals surface area contributed by atoms with Gasteiger partial charge < -0.3 is 15.8 Å². The standard InChI is InChI=1S/C17H21N3O2S/c1-13(20-17(21)22-11-16-10-19-12-23-16)7-8-15(18)9-14-5-3-2-4-6-14/h2-8,10,12-13,15H,9,11,18H2,1H3,(H,20,21)/b8-7+/t13-,15+/m0/s1. The number of hydrogen-bond acceptors (Lipinski definition) is 5. The van der Waals surface area contributed by atoms with Gasteiger partial charge in [0.1, 0.15) is 6.61 Å². The number of thiazole rings is 1. The van der Waals surface area contributed by atoms with Gasteiger partial charge in [0, 0.05) is 18.3 Å². The molecule has 2 aromatic rings. The average molecular weight is 331 g/mol. The van der Waals surface area contributed by atoms with E-state index in [1.165, 1.54) is 16.9 Å². The third-order valence-corrected chi connectivity index (χ3v) is 3.89. The third kappa shape index (κ3) is 6.63. The van der Waals surface area contributed by atoms with Crippen LogP contribution in [0.25, 0.3) is 0 Å². The minimum Gasteiger partial charge on any atom is -0.444 e. The Balaban J connectivity index is 1.70. The Morgan fingerprint density at radius 1 is 1.39 bits per heavy atom. The first-order valence-electron chi connectivity index (χ1n) is 7.42. The number of nitrogens with one attached hydrogen (secondary N) is 1. The molecule has 122 valence electrons. The molecule has 0 saturated carbocycles. The van der Waals surface area contributed by atoms with E-state index in [-0.39, 0.29) is 18.7 Å².